The van der Waals surface area contributed by atoms with E-state index < -0.39 is 0 Å². The number of likely N-dealkylation sites (tertiary alicyclic amines) is 1. The predicted octanol–water partition coefficient (Wildman–Crippen LogP) is 5.21. The molecule has 1 saturated heterocycles. The Kier molecular flexibility index (Phi) is 4.09. The quantitative estimate of drug-likeness (QED) is 0.484. The molecule has 4 aromatic rings. The van der Waals surface area contributed by atoms with Crippen molar-refractivity contribution in [2.45, 2.75) is 25.3 Å². The molecule has 134 valence electrons. The van der Waals surface area contributed by atoms with Gasteiger partial charge in [-0.2, -0.15) is 0 Å². The fraction of sp³-hybridized carbons (Fsp3) is 0.227. The summed E-state index contributed by atoms with van der Waals surface area (Å²) < 4.78 is 1.18. The monoisotopic (exact) mass is 373 g/mol. The standard InChI is InChI=1S/C22H19N3OS/c26-22(16-9-5-7-15-8-6-13-23-20(15)16)25-14-4-3-11-18(25)21-24-17-10-1-2-12-19(17)27-21/h1-2,5-10,12-13,18H,3-4,11,14H2. The van der Waals surface area contributed by atoms with Gasteiger partial charge < -0.3 is 4.90 Å². The van der Waals surface area contributed by atoms with Crippen molar-refractivity contribution in [1.82, 2.24) is 14.9 Å². The average Bonchev–Trinajstić information content (AvgIpc) is 3.17. The lowest BCUT2D eigenvalue weighted by molar-refractivity contribution is 0.0613. The van der Waals surface area contributed by atoms with Gasteiger partial charge in [0.1, 0.15) is 5.01 Å². The zero-order valence-electron chi connectivity index (χ0n) is 14.8. The van der Waals surface area contributed by atoms with Crippen LogP contribution in [0.15, 0.2) is 60.8 Å². The lowest BCUT2D eigenvalue weighted by Gasteiger charge is -2.34. The van der Waals surface area contributed by atoms with Crippen molar-refractivity contribution in [2.24, 2.45) is 0 Å². The summed E-state index contributed by atoms with van der Waals surface area (Å²) in [5.74, 6) is 0.0586. The second-order valence-corrected chi connectivity index (χ2v) is 7.97. The predicted molar refractivity (Wildman–Crippen MR) is 109 cm³/mol. The maximum Gasteiger partial charge on any atom is 0.256 e. The molecule has 0 bridgehead atoms. The molecule has 2 aromatic heterocycles. The maximum absolute atomic E-state index is 13.5. The zero-order valence-corrected chi connectivity index (χ0v) is 15.7. The number of nitrogens with zero attached hydrogens (tertiary/aromatic N) is 3. The van der Waals surface area contributed by atoms with E-state index in [1.807, 2.05) is 53.4 Å². The molecule has 2 aromatic carbocycles. The van der Waals surface area contributed by atoms with Crippen molar-refractivity contribution >= 4 is 38.4 Å². The topological polar surface area (TPSA) is 46.1 Å². The van der Waals surface area contributed by atoms with Gasteiger partial charge in [0.2, 0.25) is 0 Å². The molecule has 0 radical (unpaired) electrons. The van der Waals surface area contributed by atoms with Crippen LogP contribution in [0.2, 0.25) is 0 Å². The highest BCUT2D eigenvalue weighted by atomic mass is 32.1. The molecule has 0 N–H and O–H groups in total. The van der Waals surface area contributed by atoms with Crippen molar-refractivity contribution < 1.29 is 4.79 Å². The van der Waals surface area contributed by atoms with Crippen molar-refractivity contribution in [2.75, 3.05) is 6.54 Å². The van der Waals surface area contributed by atoms with E-state index in [2.05, 4.69) is 11.1 Å². The largest absolute Gasteiger partial charge is 0.329 e. The highest BCUT2D eigenvalue weighted by Gasteiger charge is 2.31. The SMILES string of the molecule is O=C(c1cccc2cccnc12)N1CCCCC1c1nc2ccccc2s1. The highest BCUT2D eigenvalue weighted by molar-refractivity contribution is 7.18. The molecule has 1 aliphatic rings. The Bertz CT molecular complexity index is 1100. The first kappa shape index (κ1) is 16.4. The number of thiazole rings is 1. The lowest BCUT2D eigenvalue weighted by atomic mass is 10.00. The van der Waals surface area contributed by atoms with Gasteiger partial charge in [-0.1, -0.05) is 30.3 Å². The number of carbonyl (C=O) groups excluding carboxylic acids is 1. The number of hydrogen-bond acceptors (Lipinski definition) is 4. The van der Waals surface area contributed by atoms with Gasteiger partial charge in [0, 0.05) is 18.1 Å². The molecule has 0 aliphatic carbocycles. The number of pyridine rings is 1. The second kappa shape index (κ2) is 6.74. The third-order valence-electron chi connectivity index (χ3n) is 5.22. The van der Waals surface area contributed by atoms with Gasteiger partial charge in [-0.3, -0.25) is 9.78 Å². The molecule has 0 saturated carbocycles. The molecule has 5 heteroatoms. The first-order chi connectivity index (χ1) is 13.3. The summed E-state index contributed by atoms with van der Waals surface area (Å²) in [6.07, 6.45) is 4.87. The third kappa shape index (κ3) is 2.88. The van der Waals surface area contributed by atoms with Gasteiger partial charge >= 0.3 is 0 Å². The van der Waals surface area contributed by atoms with Crippen LogP contribution in [0.5, 0.6) is 0 Å². The molecule has 27 heavy (non-hydrogen) atoms. The van der Waals surface area contributed by atoms with Gasteiger partial charge in [0.15, 0.2) is 0 Å². The van der Waals surface area contributed by atoms with Gasteiger partial charge in [-0.05, 0) is 43.5 Å². The van der Waals surface area contributed by atoms with E-state index in [0.717, 1.165) is 47.2 Å². The van der Waals surface area contributed by atoms with Crippen molar-refractivity contribution in [1.29, 1.82) is 0 Å². The maximum atomic E-state index is 13.5. The van der Waals surface area contributed by atoms with Crippen LogP contribution in [0.3, 0.4) is 0 Å². The van der Waals surface area contributed by atoms with Crippen LogP contribution in [0.25, 0.3) is 21.1 Å². The minimum Gasteiger partial charge on any atom is -0.329 e. The van der Waals surface area contributed by atoms with Crippen LogP contribution in [0, 0.1) is 0 Å². The molecular formula is C22H19N3OS. The fourth-order valence-corrected chi connectivity index (χ4v) is 5.01. The number of amides is 1. The zero-order chi connectivity index (χ0) is 18.2. The number of rotatable bonds is 2. The lowest BCUT2D eigenvalue weighted by Crippen LogP contribution is -2.38. The average molecular weight is 373 g/mol. The molecule has 1 amide bonds. The van der Waals surface area contributed by atoms with Gasteiger partial charge in [0.25, 0.3) is 5.91 Å². The Morgan fingerprint density at radius 1 is 1.04 bits per heavy atom. The van der Waals surface area contributed by atoms with Crippen molar-refractivity contribution in [3.05, 3.63) is 71.4 Å². The smallest absolute Gasteiger partial charge is 0.256 e. The van der Waals surface area contributed by atoms with Crippen LogP contribution >= 0.6 is 11.3 Å². The molecule has 3 heterocycles. The van der Waals surface area contributed by atoms with Crippen molar-refractivity contribution in [3.63, 3.8) is 0 Å². The fourth-order valence-electron chi connectivity index (χ4n) is 3.90. The summed E-state index contributed by atoms with van der Waals surface area (Å²) in [6.45, 7) is 0.767. The molecule has 1 atom stereocenters. The van der Waals surface area contributed by atoms with E-state index in [1.165, 1.54) is 4.70 Å². The summed E-state index contributed by atoms with van der Waals surface area (Å²) in [4.78, 5) is 24.8. The summed E-state index contributed by atoms with van der Waals surface area (Å²) in [5.41, 5.74) is 2.47. The van der Waals surface area contributed by atoms with E-state index >= 15 is 0 Å². The summed E-state index contributed by atoms with van der Waals surface area (Å²) >= 11 is 1.70. The van der Waals surface area contributed by atoms with Gasteiger partial charge in [0.05, 0.1) is 27.3 Å². The van der Waals surface area contributed by atoms with E-state index in [-0.39, 0.29) is 11.9 Å². The van der Waals surface area contributed by atoms with Crippen LogP contribution in [-0.4, -0.2) is 27.3 Å². The Morgan fingerprint density at radius 2 is 1.93 bits per heavy atom. The van der Waals surface area contributed by atoms with E-state index in [9.17, 15) is 4.79 Å². The van der Waals surface area contributed by atoms with Gasteiger partial charge in [-0.25, -0.2) is 4.98 Å². The van der Waals surface area contributed by atoms with Crippen LogP contribution in [0.4, 0.5) is 0 Å². The minimum atomic E-state index is 0.0441. The van der Waals surface area contributed by atoms with E-state index in [1.54, 1.807) is 17.5 Å². The number of carbonyl (C=O) groups is 1. The van der Waals surface area contributed by atoms with E-state index in [4.69, 9.17) is 4.98 Å². The summed E-state index contributed by atoms with van der Waals surface area (Å²) in [6, 6.07) is 18.0. The third-order valence-corrected chi connectivity index (χ3v) is 6.36. The normalized spacial score (nSPS) is 17.5. The molecule has 1 aliphatic heterocycles. The molecule has 4 nitrogen and oxygen atoms in total. The minimum absolute atomic E-state index is 0.0441. The Labute approximate surface area is 161 Å². The molecule has 1 unspecified atom stereocenters. The summed E-state index contributed by atoms with van der Waals surface area (Å²) in [5, 5.41) is 2.04. The van der Waals surface area contributed by atoms with E-state index in [0.29, 0.717) is 5.56 Å². The number of aromatic nitrogens is 2. The Morgan fingerprint density at radius 3 is 2.85 bits per heavy atom. The van der Waals surface area contributed by atoms with Gasteiger partial charge in [-0.15, -0.1) is 11.3 Å². The van der Waals surface area contributed by atoms with Crippen LogP contribution < -0.4 is 0 Å². The molecule has 0 spiro atoms. The number of para-hydroxylation sites is 2. The Balaban J connectivity index is 1.56. The number of piperidine rings is 1. The van der Waals surface area contributed by atoms with Crippen LogP contribution in [-0.2, 0) is 0 Å². The Hall–Kier alpha value is -2.79. The number of benzene rings is 2. The number of hydrogen-bond donors (Lipinski definition) is 0. The van der Waals surface area contributed by atoms with Crippen molar-refractivity contribution in [3.8, 4) is 0 Å². The number of fused-ring (bicyclic) bond motifs is 2. The first-order valence-electron chi connectivity index (χ1n) is 9.31. The molecule has 1 fully saturated rings. The summed E-state index contributed by atoms with van der Waals surface area (Å²) in [7, 11) is 0. The highest BCUT2D eigenvalue weighted by Crippen LogP contribution is 2.36. The van der Waals surface area contributed by atoms with Crippen LogP contribution in [0.1, 0.15) is 40.7 Å². The first-order valence-corrected chi connectivity index (χ1v) is 10.1. The molecule has 5 rings (SSSR count). The second-order valence-electron chi connectivity index (χ2n) is 6.91. The molecular weight excluding hydrogens is 354 g/mol.